The maximum absolute atomic E-state index is 13.0. The van der Waals surface area contributed by atoms with Gasteiger partial charge in [-0.2, -0.15) is 0 Å². The second-order valence-corrected chi connectivity index (χ2v) is 9.36. The number of rotatable bonds is 6. The van der Waals surface area contributed by atoms with Gasteiger partial charge in [-0.05, 0) is 55.1 Å². The minimum Gasteiger partial charge on any atom is -0.338 e. The third kappa shape index (κ3) is 3.97. The van der Waals surface area contributed by atoms with Crippen molar-refractivity contribution in [3.63, 3.8) is 0 Å². The molecule has 3 N–H and O–H groups in total. The Labute approximate surface area is 165 Å². The highest BCUT2D eigenvalue weighted by Crippen LogP contribution is 2.33. The van der Waals surface area contributed by atoms with Gasteiger partial charge in [0.25, 0.3) is 5.91 Å². The van der Waals surface area contributed by atoms with Gasteiger partial charge in [-0.1, -0.05) is 30.3 Å². The van der Waals surface area contributed by atoms with Crippen molar-refractivity contribution in [2.75, 3.05) is 19.6 Å². The van der Waals surface area contributed by atoms with Crippen LogP contribution >= 0.6 is 0 Å². The predicted molar refractivity (Wildman–Crippen MR) is 107 cm³/mol. The summed E-state index contributed by atoms with van der Waals surface area (Å²) in [6, 6.07) is 16.4. The number of sulfonamides is 1. The van der Waals surface area contributed by atoms with E-state index in [2.05, 4.69) is 16.9 Å². The molecule has 0 unspecified atom stereocenters. The first-order chi connectivity index (χ1) is 13.5. The van der Waals surface area contributed by atoms with Crippen molar-refractivity contribution in [3.8, 4) is 0 Å². The van der Waals surface area contributed by atoms with E-state index in [1.807, 2.05) is 23.1 Å². The van der Waals surface area contributed by atoms with Gasteiger partial charge in [0.1, 0.15) is 0 Å². The van der Waals surface area contributed by atoms with Crippen molar-refractivity contribution in [1.82, 2.24) is 9.62 Å². The summed E-state index contributed by atoms with van der Waals surface area (Å²) in [5.41, 5.74) is 7.65. The second-order valence-electron chi connectivity index (χ2n) is 7.64. The highest BCUT2D eigenvalue weighted by atomic mass is 32.2. The largest absolute Gasteiger partial charge is 0.338 e. The van der Waals surface area contributed by atoms with Crippen LogP contribution in [0.2, 0.25) is 0 Å². The summed E-state index contributed by atoms with van der Waals surface area (Å²) in [6.45, 7) is 1.75. The quantitative estimate of drug-likeness (QED) is 0.776. The summed E-state index contributed by atoms with van der Waals surface area (Å²) in [5, 5.41) is 0. The van der Waals surface area contributed by atoms with Gasteiger partial charge in [0.05, 0.1) is 4.90 Å². The van der Waals surface area contributed by atoms with E-state index in [0.717, 1.165) is 12.8 Å². The molecule has 0 radical (unpaired) electrons. The number of likely N-dealkylation sites (tertiary alicyclic amines) is 1. The van der Waals surface area contributed by atoms with Gasteiger partial charge in [-0.15, -0.1) is 0 Å². The van der Waals surface area contributed by atoms with Gasteiger partial charge in [0.15, 0.2) is 0 Å². The van der Waals surface area contributed by atoms with E-state index in [-0.39, 0.29) is 28.7 Å². The highest BCUT2D eigenvalue weighted by molar-refractivity contribution is 7.89. The lowest BCUT2D eigenvalue weighted by atomic mass is 9.89. The first-order valence-corrected chi connectivity index (χ1v) is 11.1. The number of hydrogen-bond acceptors (Lipinski definition) is 4. The molecule has 0 spiro atoms. The van der Waals surface area contributed by atoms with E-state index in [9.17, 15) is 13.2 Å². The molecule has 1 saturated heterocycles. The molecule has 1 aliphatic carbocycles. The second kappa shape index (κ2) is 7.66. The van der Waals surface area contributed by atoms with E-state index in [1.54, 1.807) is 12.1 Å². The van der Waals surface area contributed by atoms with Crippen LogP contribution in [0.5, 0.6) is 0 Å². The number of nitrogens with zero attached hydrogens (tertiary/aromatic N) is 1. The fourth-order valence-electron chi connectivity index (χ4n) is 3.80. The Kier molecular flexibility index (Phi) is 5.23. The first-order valence-electron chi connectivity index (χ1n) is 9.64. The summed E-state index contributed by atoms with van der Waals surface area (Å²) in [7, 11) is -3.51. The molecule has 1 saturated carbocycles. The molecule has 1 aliphatic heterocycles. The number of hydrogen-bond donors (Lipinski definition) is 2. The minimum absolute atomic E-state index is 0.0547. The van der Waals surface area contributed by atoms with Crippen molar-refractivity contribution >= 4 is 15.9 Å². The van der Waals surface area contributed by atoms with E-state index in [0.29, 0.717) is 25.2 Å². The monoisotopic (exact) mass is 399 g/mol. The van der Waals surface area contributed by atoms with Crippen molar-refractivity contribution in [1.29, 1.82) is 0 Å². The summed E-state index contributed by atoms with van der Waals surface area (Å²) < 4.78 is 27.2. The van der Waals surface area contributed by atoms with Crippen LogP contribution in [0.25, 0.3) is 0 Å². The average molecular weight is 400 g/mol. The van der Waals surface area contributed by atoms with Crippen LogP contribution in [0.4, 0.5) is 0 Å². The van der Waals surface area contributed by atoms with E-state index in [4.69, 9.17) is 5.73 Å². The third-order valence-corrected chi connectivity index (χ3v) is 7.11. The number of benzene rings is 2. The topological polar surface area (TPSA) is 92.5 Å². The fourth-order valence-corrected chi connectivity index (χ4v) is 5.11. The Balaban J connectivity index is 1.48. The highest BCUT2D eigenvalue weighted by Gasteiger charge is 2.35. The lowest BCUT2D eigenvalue weighted by Crippen LogP contribution is -2.30. The molecule has 1 heterocycles. The van der Waals surface area contributed by atoms with Crippen molar-refractivity contribution in [2.24, 2.45) is 11.7 Å². The molecule has 148 valence electrons. The first kappa shape index (κ1) is 19.1. The molecule has 4 rings (SSSR count). The molecule has 0 aromatic heterocycles. The molecular formula is C21H25N3O3S. The summed E-state index contributed by atoms with van der Waals surface area (Å²) in [6.07, 6.45) is 1.77. The summed E-state index contributed by atoms with van der Waals surface area (Å²) >= 11 is 0. The Hall–Kier alpha value is -2.22. The molecule has 2 aliphatic rings. The predicted octanol–water partition coefficient (Wildman–Crippen LogP) is 1.94. The van der Waals surface area contributed by atoms with Crippen LogP contribution < -0.4 is 10.5 Å². The third-order valence-electron chi connectivity index (χ3n) is 5.57. The van der Waals surface area contributed by atoms with Gasteiger partial charge in [0.2, 0.25) is 10.0 Å². The van der Waals surface area contributed by atoms with Gasteiger partial charge in [-0.25, -0.2) is 13.1 Å². The molecule has 28 heavy (non-hydrogen) atoms. The average Bonchev–Trinajstić information content (AvgIpc) is 3.41. The molecule has 2 atom stereocenters. The zero-order valence-electron chi connectivity index (χ0n) is 15.6. The van der Waals surface area contributed by atoms with Gasteiger partial charge in [0, 0.05) is 30.6 Å². The van der Waals surface area contributed by atoms with Crippen molar-refractivity contribution in [3.05, 3.63) is 65.7 Å². The molecule has 2 fully saturated rings. The van der Waals surface area contributed by atoms with Gasteiger partial charge < -0.3 is 10.6 Å². The molecule has 0 bridgehead atoms. The SMILES string of the molecule is NC[C@@H]1CN(C(=O)c2ccc(S(=O)(=O)NC3CC3)cc2)C[C@H]1c1ccccc1. The van der Waals surface area contributed by atoms with Crippen molar-refractivity contribution < 1.29 is 13.2 Å². The van der Waals surface area contributed by atoms with Crippen LogP contribution in [0.15, 0.2) is 59.5 Å². The van der Waals surface area contributed by atoms with Crippen molar-refractivity contribution in [2.45, 2.75) is 29.7 Å². The van der Waals surface area contributed by atoms with E-state index >= 15 is 0 Å². The van der Waals surface area contributed by atoms with Crippen LogP contribution in [0.3, 0.4) is 0 Å². The Morgan fingerprint density at radius 2 is 1.71 bits per heavy atom. The van der Waals surface area contributed by atoms with Crippen LogP contribution in [0.1, 0.15) is 34.7 Å². The molecule has 6 nitrogen and oxygen atoms in total. The molecular weight excluding hydrogens is 374 g/mol. The zero-order chi connectivity index (χ0) is 19.7. The van der Waals surface area contributed by atoms with Crippen LogP contribution in [-0.4, -0.2) is 44.9 Å². The number of nitrogens with two attached hydrogens (primary N) is 1. The van der Waals surface area contributed by atoms with E-state index in [1.165, 1.54) is 17.7 Å². The number of amides is 1. The fraction of sp³-hybridized carbons (Fsp3) is 0.381. The maximum Gasteiger partial charge on any atom is 0.253 e. The lowest BCUT2D eigenvalue weighted by Gasteiger charge is -2.17. The lowest BCUT2D eigenvalue weighted by molar-refractivity contribution is 0.0786. The van der Waals surface area contributed by atoms with Gasteiger partial charge >= 0.3 is 0 Å². The van der Waals surface area contributed by atoms with E-state index < -0.39 is 10.0 Å². The minimum atomic E-state index is -3.51. The number of nitrogens with one attached hydrogen (secondary N) is 1. The normalized spacial score (nSPS) is 22.4. The van der Waals surface area contributed by atoms with Gasteiger partial charge in [-0.3, -0.25) is 4.79 Å². The molecule has 1 amide bonds. The summed E-state index contributed by atoms with van der Waals surface area (Å²) in [4.78, 5) is 15.0. The maximum atomic E-state index is 13.0. The summed E-state index contributed by atoms with van der Waals surface area (Å²) in [5.74, 6) is 0.349. The van der Waals surface area contributed by atoms with Crippen LogP contribution in [-0.2, 0) is 10.0 Å². The zero-order valence-corrected chi connectivity index (χ0v) is 16.4. The smallest absolute Gasteiger partial charge is 0.253 e. The Morgan fingerprint density at radius 3 is 2.32 bits per heavy atom. The molecule has 2 aromatic rings. The number of carbonyl (C=O) groups is 1. The number of carbonyl (C=O) groups excluding carboxylic acids is 1. The molecule has 7 heteroatoms. The Morgan fingerprint density at radius 1 is 1.04 bits per heavy atom. The van der Waals surface area contributed by atoms with Crippen LogP contribution in [0, 0.1) is 5.92 Å². The molecule has 2 aromatic carbocycles. The standard InChI is InChI=1S/C21H25N3O3S/c22-12-17-13-24(14-20(17)15-4-2-1-3-5-15)21(25)16-6-10-19(11-7-16)28(26,27)23-18-8-9-18/h1-7,10-11,17-18,20,23H,8-9,12-14,22H2/t17-,20+/m1/s1. The Bertz CT molecular complexity index is 941.